The number of para-hydroxylation sites is 1. The van der Waals surface area contributed by atoms with E-state index >= 15 is 0 Å². The smallest absolute Gasteiger partial charge is 0.405 e. The predicted molar refractivity (Wildman–Crippen MR) is 87.7 cm³/mol. The Morgan fingerprint density at radius 1 is 1.23 bits per heavy atom. The molecule has 9 heteroatoms. The molecule has 0 bridgehead atoms. The zero-order valence-corrected chi connectivity index (χ0v) is 14.3. The van der Waals surface area contributed by atoms with Gasteiger partial charge in [0.25, 0.3) is 11.5 Å². The second-order valence-electron chi connectivity index (χ2n) is 5.60. The third-order valence-corrected chi connectivity index (χ3v) is 3.47. The lowest BCUT2D eigenvalue weighted by molar-refractivity contribution is -0.275. The normalized spacial score (nSPS) is 11.3. The number of aromatic nitrogens is 2. The van der Waals surface area contributed by atoms with Crippen LogP contribution in [0.15, 0.2) is 41.2 Å². The second-order valence-corrected chi connectivity index (χ2v) is 5.60. The summed E-state index contributed by atoms with van der Waals surface area (Å²) in [5.74, 6) is -0.889. The molecule has 1 amide bonds. The first-order chi connectivity index (χ1) is 12.2. The van der Waals surface area contributed by atoms with Crippen LogP contribution < -0.4 is 10.3 Å². The van der Waals surface area contributed by atoms with Crippen molar-refractivity contribution in [1.29, 1.82) is 0 Å². The molecule has 0 saturated heterocycles. The van der Waals surface area contributed by atoms with Crippen LogP contribution in [0.2, 0.25) is 0 Å². The first-order valence-corrected chi connectivity index (χ1v) is 7.88. The van der Waals surface area contributed by atoms with Crippen molar-refractivity contribution in [3.8, 4) is 5.75 Å². The second kappa shape index (κ2) is 8.03. The number of hydrogen-bond donors (Lipinski definition) is 0. The Kier molecular flexibility index (Phi) is 6.01. The fraction of sp³-hybridized carbons (Fsp3) is 0.353. The lowest BCUT2D eigenvalue weighted by atomic mass is 10.2. The van der Waals surface area contributed by atoms with Gasteiger partial charge in [0, 0.05) is 31.8 Å². The first-order valence-electron chi connectivity index (χ1n) is 7.88. The van der Waals surface area contributed by atoms with E-state index in [9.17, 15) is 22.8 Å². The van der Waals surface area contributed by atoms with Crippen LogP contribution in [0.4, 0.5) is 13.2 Å². The monoisotopic (exact) mass is 369 g/mol. The molecule has 2 rings (SSSR count). The Morgan fingerprint density at radius 3 is 2.58 bits per heavy atom. The van der Waals surface area contributed by atoms with Crippen LogP contribution in [0.5, 0.6) is 5.75 Å². The number of hydrogen-bond acceptors (Lipinski definition) is 4. The maximum Gasteiger partial charge on any atom is 0.573 e. The van der Waals surface area contributed by atoms with Gasteiger partial charge in [-0.05, 0) is 18.6 Å². The summed E-state index contributed by atoms with van der Waals surface area (Å²) in [5.41, 5.74) is -0.0905. The third kappa shape index (κ3) is 5.08. The van der Waals surface area contributed by atoms with E-state index in [1.807, 2.05) is 6.92 Å². The summed E-state index contributed by atoms with van der Waals surface area (Å²) in [6.07, 6.45) is -4.15. The quantitative estimate of drug-likeness (QED) is 0.786. The van der Waals surface area contributed by atoms with Crippen LogP contribution in [0.3, 0.4) is 0 Å². The van der Waals surface area contributed by atoms with Crippen LogP contribution >= 0.6 is 0 Å². The Hall–Kier alpha value is -2.84. The lowest BCUT2D eigenvalue weighted by Gasteiger charge is -2.19. The van der Waals surface area contributed by atoms with Crippen molar-refractivity contribution in [2.24, 2.45) is 0 Å². The number of benzene rings is 1. The van der Waals surface area contributed by atoms with Gasteiger partial charge in [0.15, 0.2) is 0 Å². The van der Waals surface area contributed by atoms with Gasteiger partial charge in [-0.3, -0.25) is 9.59 Å². The zero-order valence-electron chi connectivity index (χ0n) is 14.3. The Bertz CT molecular complexity index is 834. The summed E-state index contributed by atoms with van der Waals surface area (Å²) < 4.78 is 42.6. The molecule has 1 heterocycles. The minimum Gasteiger partial charge on any atom is -0.405 e. The highest BCUT2D eigenvalue weighted by Gasteiger charge is 2.32. The largest absolute Gasteiger partial charge is 0.573 e. The summed E-state index contributed by atoms with van der Waals surface area (Å²) in [6, 6.07) is 8.12. The van der Waals surface area contributed by atoms with Crippen molar-refractivity contribution in [3.05, 3.63) is 58.0 Å². The molecule has 0 spiro atoms. The standard InChI is InChI=1S/C17H18F3N3O3/c1-3-10-23-15(24)9-8-13(21-23)16(25)22(2)11-12-6-4-5-7-14(12)26-17(18,19)20/h4-9H,3,10-11H2,1-2H3. The number of amides is 1. The molecule has 140 valence electrons. The molecule has 0 aliphatic heterocycles. The molecular weight excluding hydrogens is 351 g/mol. The van der Waals surface area contributed by atoms with Gasteiger partial charge in [-0.2, -0.15) is 5.10 Å². The number of carbonyl (C=O) groups excluding carboxylic acids is 1. The van der Waals surface area contributed by atoms with Crippen LogP contribution in [0, 0.1) is 0 Å². The molecule has 0 atom stereocenters. The average molecular weight is 369 g/mol. The highest BCUT2D eigenvalue weighted by Crippen LogP contribution is 2.27. The van der Waals surface area contributed by atoms with E-state index in [-0.39, 0.29) is 29.1 Å². The molecule has 0 unspecified atom stereocenters. The maximum atomic E-state index is 12.5. The van der Waals surface area contributed by atoms with Crippen molar-refractivity contribution in [2.45, 2.75) is 32.8 Å². The van der Waals surface area contributed by atoms with Gasteiger partial charge in [-0.25, -0.2) is 4.68 Å². The van der Waals surface area contributed by atoms with Crippen LogP contribution in [-0.4, -0.2) is 34.0 Å². The van der Waals surface area contributed by atoms with Crippen molar-refractivity contribution >= 4 is 5.91 Å². The van der Waals surface area contributed by atoms with Crippen molar-refractivity contribution in [2.75, 3.05) is 7.05 Å². The Balaban J connectivity index is 2.20. The van der Waals surface area contributed by atoms with Gasteiger partial charge < -0.3 is 9.64 Å². The molecule has 26 heavy (non-hydrogen) atoms. The molecule has 2 aromatic rings. The first kappa shape index (κ1) is 19.5. The van der Waals surface area contributed by atoms with E-state index in [2.05, 4.69) is 9.84 Å². The molecular formula is C17H18F3N3O3. The van der Waals surface area contributed by atoms with Gasteiger partial charge >= 0.3 is 6.36 Å². The molecule has 0 radical (unpaired) electrons. The van der Waals surface area contributed by atoms with Crippen molar-refractivity contribution in [3.63, 3.8) is 0 Å². The van der Waals surface area contributed by atoms with E-state index in [4.69, 9.17) is 0 Å². The average Bonchev–Trinajstić information content (AvgIpc) is 2.57. The minimum atomic E-state index is -4.82. The Labute approximate surface area is 147 Å². The number of halogens is 3. The summed E-state index contributed by atoms with van der Waals surface area (Å²) in [5, 5.41) is 4.01. The third-order valence-electron chi connectivity index (χ3n) is 3.47. The number of nitrogens with zero attached hydrogens (tertiary/aromatic N) is 3. The lowest BCUT2D eigenvalue weighted by Crippen LogP contribution is -2.31. The molecule has 0 saturated carbocycles. The highest BCUT2D eigenvalue weighted by atomic mass is 19.4. The van der Waals surface area contributed by atoms with E-state index in [0.29, 0.717) is 13.0 Å². The summed E-state index contributed by atoms with van der Waals surface area (Å²) in [4.78, 5) is 25.4. The number of ether oxygens (including phenoxy) is 1. The van der Waals surface area contributed by atoms with Crippen LogP contribution in [0.1, 0.15) is 29.4 Å². The SMILES string of the molecule is CCCn1nc(C(=O)N(C)Cc2ccccc2OC(F)(F)F)ccc1=O. The van der Waals surface area contributed by atoms with Gasteiger partial charge in [-0.1, -0.05) is 25.1 Å². The topological polar surface area (TPSA) is 64.4 Å². The minimum absolute atomic E-state index is 0.0368. The van der Waals surface area contributed by atoms with E-state index < -0.39 is 12.3 Å². The van der Waals surface area contributed by atoms with Crippen LogP contribution in [0.25, 0.3) is 0 Å². The molecule has 0 aliphatic carbocycles. The summed E-state index contributed by atoms with van der Waals surface area (Å²) >= 11 is 0. The zero-order chi connectivity index (χ0) is 19.3. The van der Waals surface area contributed by atoms with Gasteiger partial charge in [0.05, 0.1) is 0 Å². The molecule has 1 aromatic carbocycles. The molecule has 0 fully saturated rings. The molecule has 1 aromatic heterocycles. The molecule has 0 aliphatic rings. The van der Waals surface area contributed by atoms with Gasteiger partial charge in [-0.15, -0.1) is 13.2 Å². The number of rotatable bonds is 6. The van der Waals surface area contributed by atoms with Gasteiger partial charge in [0.1, 0.15) is 11.4 Å². The van der Waals surface area contributed by atoms with Crippen molar-refractivity contribution < 1.29 is 22.7 Å². The summed E-state index contributed by atoms with van der Waals surface area (Å²) in [6.45, 7) is 2.12. The predicted octanol–water partition coefficient (Wildman–Crippen LogP) is 2.82. The Morgan fingerprint density at radius 2 is 1.92 bits per heavy atom. The number of carbonyl (C=O) groups is 1. The molecule has 6 nitrogen and oxygen atoms in total. The van der Waals surface area contributed by atoms with Crippen LogP contribution in [-0.2, 0) is 13.1 Å². The van der Waals surface area contributed by atoms with Crippen molar-refractivity contribution in [1.82, 2.24) is 14.7 Å². The molecule has 0 N–H and O–H groups in total. The van der Waals surface area contributed by atoms with E-state index in [0.717, 1.165) is 0 Å². The van der Waals surface area contributed by atoms with E-state index in [1.54, 1.807) is 6.07 Å². The number of alkyl halides is 3. The number of aryl methyl sites for hydroxylation is 1. The fourth-order valence-corrected chi connectivity index (χ4v) is 2.32. The fourth-order valence-electron chi connectivity index (χ4n) is 2.32. The van der Waals surface area contributed by atoms with E-state index in [1.165, 1.54) is 47.0 Å². The maximum absolute atomic E-state index is 12.5. The van der Waals surface area contributed by atoms with Gasteiger partial charge in [0.2, 0.25) is 0 Å². The summed E-state index contributed by atoms with van der Waals surface area (Å²) in [7, 11) is 1.43. The highest BCUT2D eigenvalue weighted by molar-refractivity contribution is 5.91.